The van der Waals surface area contributed by atoms with Crippen LogP contribution in [0.25, 0.3) is 0 Å². The molecule has 0 aliphatic carbocycles. The van der Waals surface area contributed by atoms with Gasteiger partial charge in [0.15, 0.2) is 0 Å². The lowest BCUT2D eigenvalue weighted by Crippen LogP contribution is -2.19. The summed E-state index contributed by atoms with van der Waals surface area (Å²) in [5, 5.41) is 3.37. The second-order valence-electron chi connectivity index (χ2n) is 4.57. The van der Waals surface area contributed by atoms with Crippen LogP contribution in [0.1, 0.15) is 51.0 Å². The summed E-state index contributed by atoms with van der Waals surface area (Å²) in [6.07, 6.45) is 7.05. The van der Waals surface area contributed by atoms with Crippen LogP contribution in [0.5, 0.6) is 0 Å². The largest absolute Gasteiger partial charge is 0.366 e. The van der Waals surface area contributed by atoms with Crippen LogP contribution < -0.4 is 5.32 Å². The molecule has 0 radical (unpaired) electrons. The van der Waals surface area contributed by atoms with E-state index in [-0.39, 0.29) is 6.04 Å². The zero-order valence-electron chi connectivity index (χ0n) is 11.1. The normalized spacial score (nSPS) is 12.2. The van der Waals surface area contributed by atoms with E-state index >= 15 is 0 Å². The molecule has 92 valence electrons. The Kier molecular flexibility index (Phi) is 4.96. The van der Waals surface area contributed by atoms with Crippen LogP contribution in [0.2, 0.25) is 0 Å². The summed E-state index contributed by atoms with van der Waals surface area (Å²) in [7, 11) is 0. The minimum Gasteiger partial charge on any atom is -0.366 e. The van der Waals surface area contributed by atoms with E-state index in [1.165, 1.54) is 0 Å². The Labute approximate surface area is 104 Å². The van der Waals surface area contributed by atoms with E-state index < -0.39 is 0 Å². The van der Waals surface area contributed by atoms with Gasteiger partial charge in [0.05, 0.1) is 0 Å². The number of nitrogens with zero attached hydrogens (tertiary/aromatic N) is 2. The van der Waals surface area contributed by atoms with Crippen molar-refractivity contribution in [1.29, 1.82) is 0 Å². The molecule has 1 rings (SSSR count). The van der Waals surface area contributed by atoms with E-state index in [9.17, 15) is 0 Å². The second kappa shape index (κ2) is 6.24. The van der Waals surface area contributed by atoms with Crippen molar-refractivity contribution in [1.82, 2.24) is 9.97 Å². The van der Waals surface area contributed by atoms with Gasteiger partial charge in [-0.05, 0) is 13.3 Å². The molecule has 1 heterocycles. The molecule has 1 N–H and O–H groups in total. The molecular formula is C14H21N3. The molecule has 0 fully saturated rings. The molecule has 0 bridgehead atoms. The molecule has 0 saturated carbocycles. The summed E-state index contributed by atoms with van der Waals surface area (Å²) in [6, 6.07) is 2.25. The molecule has 1 unspecified atom stereocenters. The predicted molar refractivity (Wildman–Crippen MR) is 72.0 cm³/mol. The molecule has 0 spiro atoms. The first-order valence-corrected chi connectivity index (χ1v) is 6.12. The fraction of sp³-hybridized carbons (Fsp3) is 0.571. The Morgan fingerprint density at radius 2 is 2.12 bits per heavy atom. The average Bonchev–Trinajstić information content (AvgIpc) is 2.27. The van der Waals surface area contributed by atoms with Crippen molar-refractivity contribution in [3.63, 3.8) is 0 Å². The van der Waals surface area contributed by atoms with Crippen LogP contribution >= 0.6 is 0 Å². The van der Waals surface area contributed by atoms with E-state index in [4.69, 9.17) is 6.42 Å². The summed E-state index contributed by atoms with van der Waals surface area (Å²) in [5.74, 6) is 4.78. The summed E-state index contributed by atoms with van der Waals surface area (Å²) in [4.78, 5) is 8.93. The maximum atomic E-state index is 5.34. The topological polar surface area (TPSA) is 37.8 Å². The van der Waals surface area contributed by atoms with E-state index in [1.54, 1.807) is 0 Å². The predicted octanol–water partition coefficient (Wildman–Crippen LogP) is 3.12. The molecule has 1 atom stereocenters. The van der Waals surface area contributed by atoms with Gasteiger partial charge in [0, 0.05) is 30.1 Å². The highest BCUT2D eigenvalue weighted by molar-refractivity contribution is 5.37. The molecule has 0 saturated heterocycles. The zero-order valence-corrected chi connectivity index (χ0v) is 11.1. The third kappa shape index (κ3) is 4.07. The standard InChI is InChI=1S/C14H21N3/c1-6-8-12(7-2)16-13-9-11(5)15-14(17-13)10(3)4/h1,9-10,12H,7-8H2,2-5H3,(H,15,16,17). The van der Waals surface area contributed by atoms with Crippen LogP contribution in [-0.4, -0.2) is 16.0 Å². The molecule has 3 nitrogen and oxygen atoms in total. The molecule has 0 amide bonds. The monoisotopic (exact) mass is 231 g/mol. The second-order valence-corrected chi connectivity index (χ2v) is 4.57. The number of rotatable bonds is 5. The van der Waals surface area contributed by atoms with Gasteiger partial charge >= 0.3 is 0 Å². The average molecular weight is 231 g/mol. The van der Waals surface area contributed by atoms with E-state index in [0.29, 0.717) is 5.92 Å². The Bertz CT molecular complexity index is 404. The first-order chi connectivity index (χ1) is 8.06. The van der Waals surface area contributed by atoms with Crippen LogP contribution in [-0.2, 0) is 0 Å². The lowest BCUT2D eigenvalue weighted by Gasteiger charge is -2.16. The number of hydrogen-bond acceptors (Lipinski definition) is 3. The zero-order chi connectivity index (χ0) is 12.8. The Hall–Kier alpha value is -1.56. The fourth-order valence-electron chi connectivity index (χ4n) is 1.57. The SMILES string of the molecule is C#CCC(CC)Nc1cc(C)nc(C(C)C)n1. The molecule has 3 heteroatoms. The number of terminal acetylenes is 1. The highest BCUT2D eigenvalue weighted by atomic mass is 15.0. The van der Waals surface area contributed by atoms with Crippen LogP contribution in [0.15, 0.2) is 6.07 Å². The highest BCUT2D eigenvalue weighted by Crippen LogP contribution is 2.15. The molecular weight excluding hydrogens is 210 g/mol. The van der Waals surface area contributed by atoms with Crippen molar-refractivity contribution in [2.45, 2.75) is 52.5 Å². The van der Waals surface area contributed by atoms with Gasteiger partial charge in [0.1, 0.15) is 11.6 Å². The number of aromatic nitrogens is 2. The highest BCUT2D eigenvalue weighted by Gasteiger charge is 2.09. The molecule has 1 aromatic rings. The summed E-state index contributed by atoms with van der Waals surface area (Å²) >= 11 is 0. The molecule has 0 aliphatic rings. The van der Waals surface area contributed by atoms with Gasteiger partial charge in [-0.15, -0.1) is 12.3 Å². The number of aryl methyl sites for hydroxylation is 1. The molecule has 0 aliphatic heterocycles. The van der Waals surface area contributed by atoms with Gasteiger partial charge in [-0.2, -0.15) is 0 Å². The Morgan fingerprint density at radius 1 is 1.41 bits per heavy atom. The van der Waals surface area contributed by atoms with Gasteiger partial charge in [0.2, 0.25) is 0 Å². The van der Waals surface area contributed by atoms with Crippen molar-refractivity contribution in [3.8, 4) is 12.3 Å². The molecule has 1 aromatic heterocycles. The first kappa shape index (κ1) is 13.5. The third-order valence-corrected chi connectivity index (χ3v) is 2.60. The summed E-state index contributed by atoms with van der Waals surface area (Å²) < 4.78 is 0. The molecule has 0 aromatic carbocycles. The first-order valence-electron chi connectivity index (χ1n) is 6.12. The van der Waals surface area contributed by atoms with Gasteiger partial charge in [0.25, 0.3) is 0 Å². The number of anilines is 1. The number of nitrogens with one attached hydrogen (secondary N) is 1. The minimum atomic E-state index is 0.286. The maximum absolute atomic E-state index is 5.34. The van der Waals surface area contributed by atoms with Crippen molar-refractivity contribution >= 4 is 5.82 Å². The minimum absolute atomic E-state index is 0.286. The van der Waals surface area contributed by atoms with Crippen LogP contribution in [0.3, 0.4) is 0 Å². The summed E-state index contributed by atoms with van der Waals surface area (Å²) in [6.45, 7) is 8.29. The lowest BCUT2D eigenvalue weighted by molar-refractivity contribution is 0.703. The van der Waals surface area contributed by atoms with E-state index in [1.807, 2.05) is 13.0 Å². The van der Waals surface area contributed by atoms with Crippen LogP contribution in [0, 0.1) is 19.3 Å². The van der Waals surface area contributed by atoms with Crippen molar-refractivity contribution in [3.05, 3.63) is 17.6 Å². The van der Waals surface area contributed by atoms with Gasteiger partial charge in [-0.1, -0.05) is 20.8 Å². The summed E-state index contributed by atoms with van der Waals surface area (Å²) in [5.41, 5.74) is 0.988. The molecule has 17 heavy (non-hydrogen) atoms. The quantitative estimate of drug-likeness (QED) is 0.791. The smallest absolute Gasteiger partial charge is 0.133 e. The number of hydrogen-bond donors (Lipinski definition) is 1. The maximum Gasteiger partial charge on any atom is 0.133 e. The van der Waals surface area contributed by atoms with Crippen molar-refractivity contribution in [2.75, 3.05) is 5.32 Å². The Balaban J connectivity index is 2.87. The van der Waals surface area contributed by atoms with E-state index in [2.05, 4.69) is 42.0 Å². The van der Waals surface area contributed by atoms with E-state index in [0.717, 1.165) is 30.2 Å². The Morgan fingerprint density at radius 3 is 2.65 bits per heavy atom. The van der Waals surface area contributed by atoms with Crippen LogP contribution in [0.4, 0.5) is 5.82 Å². The van der Waals surface area contributed by atoms with Gasteiger partial charge < -0.3 is 5.32 Å². The third-order valence-electron chi connectivity index (χ3n) is 2.60. The lowest BCUT2D eigenvalue weighted by atomic mass is 10.1. The van der Waals surface area contributed by atoms with Crippen molar-refractivity contribution in [2.24, 2.45) is 0 Å². The van der Waals surface area contributed by atoms with Gasteiger partial charge in [-0.25, -0.2) is 9.97 Å². The van der Waals surface area contributed by atoms with Gasteiger partial charge in [-0.3, -0.25) is 0 Å². The fourth-order valence-corrected chi connectivity index (χ4v) is 1.57. The van der Waals surface area contributed by atoms with Crippen molar-refractivity contribution < 1.29 is 0 Å².